The minimum Gasteiger partial charge on any atom is -0.487 e. The van der Waals surface area contributed by atoms with Crippen molar-refractivity contribution in [2.45, 2.75) is 25.9 Å². The van der Waals surface area contributed by atoms with Crippen LogP contribution >= 0.6 is 0 Å². The molecule has 1 heterocycles. The average molecular weight is 361 g/mol. The molecule has 0 bridgehead atoms. The molecule has 1 atom stereocenters. The number of esters is 1. The molecule has 0 N–H and O–H groups in total. The molecule has 2 aromatic carbocycles. The van der Waals surface area contributed by atoms with Crippen LogP contribution in [0, 0.1) is 0 Å². The Labute approximate surface area is 159 Å². The summed E-state index contributed by atoms with van der Waals surface area (Å²) >= 11 is 0. The maximum absolute atomic E-state index is 12.0. The van der Waals surface area contributed by atoms with Crippen molar-refractivity contribution in [1.29, 1.82) is 0 Å². The van der Waals surface area contributed by atoms with E-state index >= 15 is 0 Å². The highest BCUT2D eigenvalue weighted by Gasteiger charge is 2.19. The van der Waals surface area contributed by atoms with Gasteiger partial charge in [0, 0.05) is 5.39 Å². The van der Waals surface area contributed by atoms with Crippen LogP contribution in [0.2, 0.25) is 0 Å². The van der Waals surface area contributed by atoms with Crippen LogP contribution in [0.25, 0.3) is 10.9 Å². The minimum atomic E-state index is -0.303. The molecular formula is C23H23NO3. The van der Waals surface area contributed by atoms with E-state index in [1.165, 1.54) is 7.11 Å². The van der Waals surface area contributed by atoms with E-state index in [1.807, 2.05) is 79.7 Å². The van der Waals surface area contributed by atoms with Crippen LogP contribution in [0.5, 0.6) is 5.75 Å². The van der Waals surface area contributed by atoms with Gasteiger partial charge in [0.25, 0.3) is 0 Å². The van der Waals surface area contributed by atoms with Crippen LogP contribution in [0.1, 0.15) is 30.5 Å². The first-order valence-corrected chi connectivity index (χ1v) is 8.97. The Bertz CT molecular complexity index is 932. The molecular weight excluding hydrogens is 338 g/mol. The minimum absolute atomic E-state index is 0.234. The molecule has 0 radical (unpaired) electrons. The zero-order valence-electron chi connectivity index (χ0n) is 15.6. The number of para-hydroxylation sites is 1. The van der Waals surface area contributed by atoms with Gasteiger partial charge in [-0.2, -0.15) is 0 Å². The summed E-state index contributed by atoms with van der Waals surface area (Å²) in [5, 5.41) is 1.11. The van der Waals surface area contributed by atoms with Gasteiger partial charge in [-0.15, -0.1) is 0 Å². The quantitative estimate of drug-likeness (QED) is 0.437. The van der Waals surface area contributed by atoms with E-state index in [2.05, 4.69) is 4.98 Å². The number of hydrogen-bond acceptors (Lipinski definition) is 4. The molecule has 3 aromatic rings. The lowest BCUT2D eigenvalue weighted by Crippen LogP contribution is -2.13. The number of allylic oxidation sites excluding steroid dienone is 2. The fourth-order valence-corrected chi connectivity index (χ4v) is 2.93. The van der Waals surface area contributed by atoms with Crippen molar-refractivity contribution in [3.05, 3.63) is 84.1 Å². The van der Waals surface area contributed by atoms with Gasteiger partial charge in [0.05, 0.1) is 24.2 Å². The lowest BCUT2D eigenvalue weighted by molar-refractivity contribution is -0.142. The summed E-state index contributed by atoms with van der Waals surface area (Å²) in [6, 6.07) is 19.6. The molecule has 1 unspecified atom stereocenters. The number of benzene rings is 2. The summed E-state index contributed by atoms with van der Waals surface area (Å²) in [5.74, 6) is 0.202. The van der Waals surface area contributed by atoms with E-state index in [9.17, 15) is 4.79 Å². The number of ether oxygens (including phenoxy) is 2. The van der Waals surface area contributed by atoms with Crippen molar-refractivity contribution < 1.29 is 14.3 Å². The molecule has 0 fully saturated rings. The van der Waals surface area contributed by atoms with Crippen LogP contribution in [0.15, 0.2) is 72.8 Å². The molecule has 3 rings (SSSR count). The predicted molar refractivity (Wildman–Crippen MR) is 107 cm³/mol. The van der Waals surface area contributed by atoms with E-state index < -0.39 is 0 Å². The molecule has 0 saturated heterocycles. The molecule has 0 aliphatic heterocycles. The van der Waals surface area contributed by atoms with Gasteiger partial charge in [-0.25, -0.2) is 4.98 Å². The molecule has 138 valence electrons. The first-order chi connectivity index (χ1) is 13.2. The summed E-state index contributed by atoms with van der Waals surface area (Å²) in [5.41, 5.74) is 2.74. The van der Waals surface area contributed by atoms with E-state index in [4.69, 9.17) is 9.47 Å². The average Bonchev–Trinajstić information content (AvgIpc) is 2.73. The van der Waals surface area contributed by atoms with Crippen LogP contribution in [-0.2, 0) is 16.1 Å². The van der Waals surface area contributed by atoms with Crippen LogP contribution in [0.3, 0.4) is 0 Å². The molecule has 27 heavy (non-hydrogen) atoms. The van der Waals surface area contributed by atoms with Gasteiger partial charge in [-0.1, -0.05) is 48.6 Å². The number of carbonyl (C=O) groups is 1. The lowest BCUT2D eigenvalue weighted by Gasteiger charge is -2.14. The van der Waals surface area contributed by atoms with Crippen molar-refractivity contribution in [3.8, 4) is 5.75 Å². The number of carbonyl (C=O) groups excluding carboxylic acids is 1. The Morgan fingerprint density at radius 1 is 1.07 bits per heavy atom. The molecule has 0 aliphatic rings. The maximum atomic E-state index is 12.0. The van der Waals surface area contributed by atoms with E-state index in [-0.39, 0.29) is 11.9 Å². The highest BCUT2D eigenvalue weighted by Crippen LogP contribution is 2.25. The summed E-state index contributed by atoms with van der Waals surface area (Å²) in [4.78, 5) is 16.6. The summed E-state index contributed by atoms with van der Waals surface area (Å²) in [6.45, 7) is 2.33. The third-order valence-electron chi connectivity index (χ3n) is 4.42. The molecule has 1 aromatic heterocycles. The fraction of sp³-hybridized carbons (Fsp3) is 0.217. The number of aromatic nitrogens is 1. The molecule has 0 aliphatic carbocycles. The number of rotatable bonds is 7. The zero-order chi connectivity index (χ0) is 19.1. The standard InChI is InChI=1S/C23H23NO3/c1-3-4-8-21(23(25)26-2)17-11-14-20(15-12-17)27-16-19-13-10-18-7-5-6-9-22(18)24-19/h3-7,9-15,21H,8,16H2,1-2H3. The van der Waals surface area contributed by atoms with Gasteiger partial charge in [-0.05, 0) is 43.2 Å². The summed E-state index contributed by atoms with van der Waals surface area (Å²) in [7, 11) is 1.42. The van der Waals surface area contributed by atoms with E-state index in [0.717, 1.165) is 27.9 Å². The van der Waals surface area contributed by atoms with Gasteiger partial charge < -0.3 is 9.47 Å². The third kappa shape index (κ3) is 4.73. The highest BCUT2D eigenvalue weighted by atomic mass is 16.5. The molecule has 0 amide bonds. The largest absolute Gasteiger partial charge is 0.487 e. The first-order valence-electron chi connectivity index (χ1n) is 8.97. The monoisotopic (exact) mass is 361 g/mol. The third-order valence-corrected chi connectivity index (χ3v) is 4.42. The van der Waals surface area contributed by atoms with Crippen molar-refractivity contribution in [1.82, 2.24) is 4.98 Å². The van der Waals surface area contributed by atoms with Gasteiger partial charge in [0.15, 0.2) is 0 Å². The molecule has 4 heteroatoms. The Morgan fingerprint density at radius 3 is 2.59 bits per heavy atom. The number of nitrogens with zero attached hydrogens (tertiary/aromatic N) is 1. The first kappa shape index (κ1) is 18.6. The predicted octanol–water partition coefficient (Wildman–Crippen LogP) is 5.04. The normalized spacial score (nSPS) is 12.2. The highest BCUT2D eigenvalue weighted by molar-refractivity contribution is 5.79. The Balaban J connectivity index is 1.68. The number of fused-ring (bicyclic) bond motifs is 1. The van der Waals surface area contributed by atoms with E-state index in [1.54, 1.807) is 0 Å². The number of hydrogen-bond donors (Lipinski definition) is 0. The van der Waals surface area contributed by atoms with Gasteiger partial charge in [-0.3, -0.25) is 4.79 Å². The molecule has 0 spiro atoms. The van der Waals surface area contributed by atoms with Crippen molar-refractivity contribution in [3.63, 3.8) is 0 Å². The van der Waals surface area contributed by atoms with Crippen molar-refractivity contribution >= 4 is 16.9 Å². The van der Waals surface area contributed by atoms with Gasteiger partial charge >= 0.3 is 5.97 Å². The van der Waals surface area contributed by atoms with E-state index in [0.29, 0.717) is 13.0 Å². The van der Waals surface area contributed by atoms with Crippen molar-refractivity contribution in [2.24, 2.45) is 0 Å². The Hall–Kier alpha value is -3.14. The second-order valence-corrected chi connectivity index (χ2v) is 6.23. The SMILES string of the molecule is CC=CCC(C(=O)OC)c1ccc(OCc2ccc3ccccc3n2)cc1. The smallest absolute Gasteiger partial charge is 0.313 e. The second kappa shape index (κ2) is 8.99. The van der Waals surface area contributed by atoms with Crippen molar-refractivity contribution in [2.75, 3.05) is 7.11 Å². The molecule has 0 saturated carbocycles. The maximum Gasteiger partial charge on any atom is 0.313 e. The summed E-state index contributed by atoms with van der Waals surface area (Å²) < 4.78 is 10.8. The van der Waals surface area contributed by atoms with Crippen LogP contribution in [-0.4, -0.2) is 18.1 Å². The Kier molecular flexibility index (Phi) is 6.21. The van der Waals surface area contributed by atoms with Crippen LogP contribution < -0.4 is 4.74 Å². The zero-order valence-corrected chi connectivity index (χ0v) is 15.6. The topological polar surface area (TPSA) is 48.4 Å². The fourth-order valence-electron chi connectivity index (χ4n) is 2.93. The van der Waals surface area contributed by atoms with Gasteiger partial charge in [0.1, 0.15) is 12.4 Å². The summed E-state index contributed by atoms with van der Waals surface area (Å²) in [6.07, 6.45) is 4.52. The Morgan fingerprint density at radius 2 is 1.85 bits per heavy atom. The second-order valence-electron chi connectivity index (χ2n) is 6.23. The number of pyridine rings is 1. The van der Waals surface area contributed by atoms with Crippen LogP contribution in [0.4, 0.5) is 0 Å². The number of methoxy groups -OCH3 is 1. The van der Waals surface area contributed by atoms with Gasteiger partial charge in [0.2, 0.25) is 0 Å². The molecule has 4 nitrogen and oxygen atoms in total. The lowest BCUT2D eigenvalue weighted by atomic mass is 9.95.